The molecule has 0 unspecified atom stereocenters. The molecule has 3 atom stereocenters. The van der Waals surface area contributed by atoms with E-state index in [2.05, 4.69) is 33.4 Å². The molecular weight excluding hydrogens is 527 g/mol. The lowest BCUT2D eigenvalue weighted by Crippen LogP contribution is -2.22. The van der Waals surface area contributed by atoms with Crippen molar-refractivity contribution in [2.24, 2.45) is 22.4 Å². The van der Waals surface area contributed by atoms with Gasteiger partial charge in [0.15, 0.2) is 11.5 Å². The van der Waals surface area contributed by atoms with Gasteiger partial charge in [0.2, 0.25) is 5.91 Å². The highest BCUT2D eigenvalue weighted by Crippen LogP contribution is 2.66. The summed E-state index contributed by atoms with van der Waals surface area (Å²) in [5.41, 5.74) is 4.49. The molecule has 2 saturated carbocycles. The van der Waals surface area contributed by atoms with Crippen LogP contribution in [0.2, 0.25) is 10.0 Å². The Balaban J connectivity index is 1.43. The number of carbonyl (C=O) groups is 1. The van der Waals surface area contributed by atoms with Crippen LogP contribution < -0.4 is 14.9 Å². The first kappa shape index (κ1) is 24.4. The molecule has 0 aliphatic heterocycles. The van der Waals surface area contributed by atoms with Crippen molar-refractivity contribution in [3.05, 3.63) is 56.0 Å². The van der Waals surface area contributed by atoms with E-state index in [1.807, 2.05) is 25.1 Å². The molecule has 1 amide bonds. The number of hydrogen-bond acceptors (Lipinski definition) is 4. The van der Waals surface area contributed by atoms with Gasteiger partial charge >= 0.3 is 0 Å². The quantitative estimate of drug-likeness (QED) is 0.282. The Morgan fingerprint density at radius 1 is 1.27 bits per heavy atom. The van der Waals surface area contributed by atoms with Crippen molar-refractivity contribution in [3.63, 3.8) is 0 Å². The Labute approximate surface area is 212 Å². The predicted octanol–water partition coefficient (Wildman–Crippen LogP) is 7.01. The first-order valence-electron chi connectivity index (χ1n) is 11.2. The van der Waals surface area contributed by atoms with E-state index in [0.717, 1.165) is 24.0 Å². The van der Waals surface area contributed by atoms with Gasteiger partial charge in [-0.3, -0.25) is 4.79 Å². The van der Waals surface area contributed by atoms with Crippen LogP contribution in [0.3, 0.4) is 0 Å². The molecule has 1 N–H and O–H groups in total. The monoisotopic (exact) mass is 552 g/mol. The van der Waals surface area contributed by atoms with Crippen LogP contribution in [0.15, 0.2) is 39.9 Å². The Kier molecular flexibility index (Phi) is 7.56. The van der Waals surface area contributed by atoms with Gasteiger partial charge in [0, 0.05) is 21.5 Å². The van der Waals surface area contributed by atoms with Crippen LogP contribution in [0.5, 0.6) is 11.5 Å². The summed E-state index contributed by atoms with van der Waals surface area (Å²) in [5.74, 6) is 1.75. The van der Waals surface area contributed by atoms with E-state index in [1.165, 1.54) is 12.8 Å². The van der Waals surface area contributed by atoms with Crippen molar-refractivity contribution >= 4 is 51.3 Å². The summed E-state index contributed by atoms with van der Waals surface area (Å²) >= 11 is 15.8. The number of fused-ring (bicyclic) bond motifs is 1. The van der Waals surface area contributed by atoms with Gasteiger partial charge < -0.3 is 9.47 Å². The van der Waals surface area contributed by atoms with E-state index in [4.69, 9.17) is 32.7 Å². The molecule has 33 heavy (non-hydrogen) atoms. The van der Waals surface area contributed by atoms with Crippen molar-refractivity contribution in [3.8, 4) is 11.5 Å². The fraction of sp³-hybridized carbons (Fsp3) is 0.440. The van der Waals surface area contributed by atoms with Crippen LogP contribution in [0.1, 0.15) is 50.7 Å². The molecule has 176 valence electrons. The molecule has 0 heterocycles. The average Bonchev–Trinajstić information content (AvgIpc) is 3.40. The number of halogens is 3. The molecule has 2 aliphatic carbocycles. The molecular formula is C25H27BrCl2N2O3. The van der Waals surface area contributed by atoms with E-state index in [-0.39, 0.29) is 23.8 Å². The average molecular weight is 554 g/mol. The van der Waals surface area contributed by atoms with Crippen molar-refractivity contribution < 1.29 is 14.3 Å². The maximum absolute atomic E-state index is 12.6. The van der Waals surface area contributed by atoms with Crippen LogP contribution in [-0.4, -0.2) is 18.7 Å². The molecule has 0 bridgehead atoms. The number of ether oxygens (including phenoxy) is 2. The summed E-state index contributed by atoms with van der Waals surface area (Å²) in [6.07, 6.45) is 6.34. The van der Waals surface area contributed by atoms with Crippen LogP contribution in [0.4, 0.5) is 0 Å². The van der Waals surface area contributed by atoms with Gasteiger partial charge in [-0.05, 0) is 76.9 Å². The van der Waals surface area contributed by atoms with Gasteiger partial charge in [0.1, 0.15) is 6.61 Å². The first-order chi connectivity index (χ1) is 15.8. The van der Waals surface area contributed by atoms with Crippen molar-refractivity contribution in [2.75, 3.05) is 6.61 Å². The van der Waals surface area contributed by atoms with E-state index < -0.39 is 0 Å². The second-order valence-electron chi connectivity index (χ2n) is 8.86. The zero-order chi connectivity index (χ0) is 23.6. The normalized spacial score (nSPS) is 23.8. The molecule has 2 aliphatic rings. The summed E-state index contributed by atoms with van der Waals surface area (Å²) in [6.45, 7) is 4.87. The third-order valence-electron chi connectivity index (χ3n) is 6.72. The van der Waals surface area contributed by atoms with Crippen LogP contribution in [0, 0.1) is 17.3 Å². The third-order valence-corrected chi connectivity index (χ3v) is 7.90. The number of amides is 1. The topological polar surface area (TPSA) is 59.9 Å². The molecule has 0 spiro atoms. The minimum Gasteiger partial charge on any atom is -0.490 e. The van der Waals surface area contributed by atoms with Gasteiger partial charge in [0.05, 0.1) is 17.3 Å². The molecule has 2 aromatic rings. The second kappa shape index (κ2) is 10.2. The Hall–Kier alpha value is -1.76. The molecule has 5 nitrogen and oxygen atoms in total. The number of hydrazone groups is 1. The van der Waals surface area contributed by atoms with Crippen LogP contribution >= 0.6 is 39.1 Å². The number of benzene rings is 2. The minimum absolute atomic E-state index is 0.0181. The highest BCUT2D eigenvalue weighted by atomic mass is 79.9. The zero-order valence-corrected chi connectivity index (χ0v) is 21.8. The lowest BCUT2D eigenvalue weighted by molar-refractivity contribution is -0.123. The second-order valence-corrected chi connectivity index (χ2v) is 10.6. The largest absolute Gasteiger partial charge is 0.490 e. The molecule has 4 rings (SSSR count). The smallest absolute Gasteiger partial charge is 0.244 e. The van der Waals surface area contributed by atoms with Crippen molar-refractivity contribution in [1.29, 1.82) is 0 Å². The molecule has 0 aromatic heterocycles. The van der Waals surface area contributed by atoms with Crippen molar-refractivity contribution in [2.45, 2.75) is 46.1 Å². The number of hydrogen-bond donors (Lipinski definition) is 1. The minimum atomic E-state index is 0.0181. The van der Waals surface area contributed by atoms with Gasteiger partial charge in [-0.25, -0.2) is 5.43 Å². The van der Waals surface area contributed by atoms with Crippen molar-refractivity contribution in [1.82, 2.24) is 5.43 Å². The number of nitrogens with zero attached hydrogens (tertiary/aromatic N) is 1. The Morgan fingerprint density at radius 2 is 2.09 bits per heavy atom. The van der Waals surface area contributed by atoms with Gasteiger partial charge in [-0.15, -0.1) is 0 Å². The highest BCUT2D eigenvalue weighted by Gasteiger charge is 2.64. The van der Waals surface area contributed by atoms with E-state index in [9.17, 15) is 4.79 Å². The first-order valence-corrected chi connectivity index (χ1v) is 12.7. The fourth-order valence-corrected chi connectivity index (χ4v) is 5.98. The molecule has 0 radical (unpaired) electrons. The van der Waals surface area contributed by atoms with Crippen LogP contribution in [0.25, 0.3) is 0 Å². The maximum atomic E-state index is 12.6. The van der Waals surface area contributed by atoms with E-state index in [1.54, 1.807) is 18.3 Å². The van der Waals surface area contributed by atoms with Crippen LogP contribution in [-0.2, 0) is 11.4 Å². The fourth-order valence-electron chi connectivity index (χ4n) is 4.94. The maximum Gasteiger partial charge on any atom is 0.244 e. The van der Waals surface area contributed by atoms with Gasteiger partial charge in [-0.2, -0.15) is 5.10 Å². The molecule has 2 fully saturated rings. The number of carbonyl (C=O) groups excluding carboxylic acids is 1. The summed E-state index contributed by atoms with van der Waals surface area (Å²) in [5, 5.41) is 5.32. The van der Waals surface area contributed by atoms with E-state index >= 15 is 0 Å². The van der Waals surface area contributed by atoms with Gasteiger partial charge in [-0.1, -0.05) is 49.0 Å². The standard InChI is InChI=1S/C25H27BrCl2N2O3/c1-3-32-21-11-15(13-29-30-24(31)22-18-6-4-5-9-25(18,22)2)10-19(26)23(21)33-14-16-7-8-17(27)12-20(16)28/h7-8,10-13,18,22H,3-6,9,14H2,1-2H3,(H,30,31)/b29-13+/t18-,22-,25-/m0/s1. The Bertz CT molecular complexity index is 1080. The SMILES string of the molecule is CCOc1cc(/C=N/NC(=O)[C@@H]2[C@@H]3CCCC[C@]23C)cc(Br)c1OCc1ccc(Cl)cc1Cl. The van der Waals surface area contributed by atoms with E-state index in [0.29, 0.717) is 38.5 Å². The highest BCUT2D eigenvalue weighted by molar-refractivity contribution is 9.10. The predicted molar refractivity (Wildman–Crippen MR) is 135 cm³/mol. The molecule has 0 saturated heterocycles. The number of nitrogens with one attached hydrogen (secondary N) is 1. The zero-order valence-electron chi connectivity index (χ0n) is 18.7. The third kappa shape index (κ3) is 5.33. The summed E-state index contributed by atoms with van der Waals surface area (Å²) in [4.78, 5) is 12.6. The molecule has 8 heteroatoms. The lowest BCUT2D eigenvalue weighted by atomic mass is 9.90. The lowest BCUT2D eigenvalue weighted by Gasteiger charge is -2.15. The molecule has 2 aromatic carbocycles. The van der Waals surface area contributed by atoms with Gasteiger partial charge in [0.25, 0.3) is 0 Å². The summed E-state index contributed by atoms with van der Waals surface area (Å²) in [6, 6.07) is 9.00. The number of rotatable bonds is 8. The Morgan fingerprint density at radius 3 is 2.79 bits per heavy atom. The summed E-state index contributed by atoms with van der Waals surface area (Å²) < 4.78 is 12.5. The summed E-state index contributed by atoms with van der Waals surface area (Å²) in [7, 11) is 0.